The van der Waals surface area contributed by atoms with E-state index in [1.165, 1.54) is 6.07 Å². The van der Waals surface area contributed by atoms with Gasteiger partial charge in [-0.2, -0.15) is 0 Å². The fourth-order valence-corrected chi connectivity index (χ4v) is 3.00. The summed E-state index contributed by atoms with van der Waals surface area (Å²) in [7, 11) is 1.59. The van der Waals surface area contributed by atoms with E-state index in [-0.39, 0.29) is 6.04 Å². The van der Waals surface area contributed by atoms with Gasteiger partial charge in [0.2, 0.25) is 0 Å². The van der Waals surface area contributed by atoms with E-state index in [2.05, 4.69) is 4.98 Å². The monoisotopic (exact) mass is 320 g/mol. The topological polar surface area (TPSA) is 45.6 Å². The van der Waals surface area contributed by atoms with Crippen molar-refractivity contribution in [3.8, 4) is 5.75 Å². The summed E-state index contributed by atoms with van der Waals surface area (Å²) in [5.41, 5.74) is 1.45. The van der Waals surface area contributed by atoms with Crippen LogP contribution in [0.5, 0.6) is 5.75 Å². The van der Waals surface area contributed by atoms with Gasteiger partial charge in [-0.15, -0.1) is 0 Å². The van der Waals surface area contributed by atoms with Gasteiger partial charge >= 0.3 is 0 Å². The van der Waals surface area contributed by atoms with Crippen LogP contribution in [-0.2, 0) is 6.54 Å². The Morgan fingerprint density at radius 3 is 2.83 bits per heavy atom. The molecule has 1 N–H and O–H groups in total. The molecule has 0 bridgehead atoms. The number of methoxy groups -OCH3 is 1. The van der Waals surface area contributed by atoms with Gasteiger partial charge in [0.1, 0.15) is 5.75 Å². The zero-order valence-corrected chi connectivity index (χ0v) is 12.7. The maximum absolute atomic E-state index is 13.5. The number of hydrogen-bond donors (Lipinski definition) is 1. The summed E-state index contributed by atoms with van der Waals surface area (Å²) in [5, 5.41) is 9.98. The van der Waals surface area contributed by atoms with E-state index in [0.717, 1.165) is 11.8 Å². The molecule has 0 radical (unpaired) electrons. The minimum atomic E-state index is -0.872. The molecule has 0 unspecified atom stereocenters. The van der Waals surface area contributed by atoms with E-state index < -0.39 is 17.7 Å². The summed E-state index contributed by atoms with van der Waals surface area (Å²) < 4.78 is 31.8. The van der Waals surface area contributed by atoms with E-state index >= 15 is 0 Å². The summed E-state index contributed by atoms with van der Waals surface area (Å²) in [6.07, 6.45) is 1.64. The molecule has 2 heterocycles. The van der Waals surface area contributed by atoms with Gasteiger partial charge in [-0.1, -0.05) is 6.07 Å². The number of nitrogens with zero attached hydrogens (tertiary/aromatic N) is 2. The Kier molecular flexibility index (Phi) is 4.54. The largest absolute Gasteiger partial charge is 0.497 e. The van der Waals surface area contributed by atoms with Crippen molar-refractivity contribution in [3.63, 3.8) is 0 Å². The first kappa shape index (κ1) is 15.8. The fraction of sp³-hybridized carbons (Fsp3) is 0.353. The van der Waals surface area contributed by atoms with Crippen molar-refractivity contribution in [1.29, 1.82) is 0 Å². The molecule has 2 atom stereocenters. The van der Waals surface area contributed by atoms with Gasteiger partial charge in [-0.05, 0) is 30.2 Å². The molecule has 0 spiro atoms. The van der Waals surface area contributed by atoms with Crippen LogP contribution in [0.4, 0.5) is 8.78 Å². The second kappa shape index (κ2) is 6.60. The van der Waals surface area contributed by atoms with Crippen LogP contribution in [0.25, 0.3) is 0 Å². The Labute approximate surface area is 133 Å². The molecule has 1 saturated heterocycles. The third-order valence-corrected chi connectivity index (χ3v) is 4.10. The molecule has 1 fully saturated rings. The van der Waals surface area contributed by atoms with Crippen LogP contribution in [-0.4, -0.2) is 34.7 Å². The number of β-amino-alcohol motifs (C(OH)–C–C–N with tert-alkyl or cyclic N) is 1. The van der Waals surface area contributed by atoms with Gasteiger partial charge in [-0.25, -0.2) is 8.78 Å². The number of benzene rings is 1. The standard InChI is InChI=1S/C17H18F2N2O2/c1-23-14-4-5-20-12(7-14)9-21-10-13(22)8-17(21)11-2-3-15(18)16(19)6-11/h2-7,13,17,22H,8-10H2,1H3/t13-,17-/m0/s1. The second-order valence-corrected chi connectivity index (χ2v) is 5.70. The zero-order valence-electron chi connectivity index (χ0n) is 12.7. The lowest BCUT2D eigenvalue weighted by Crippen LogP contribution is -2.25. The van der Waals surface area contributed by atoms with Crippen LogP contribution in [0.2, 0.25) is 0 Å². The highest BCUT2D eigenvalue weighted by Gasteiger charge is 2.32. The Morgan fingerprint density at radius 2 is 2.09 bits per heavy atom. The van der Waals surface area contributed by atoms with Gasteiger partial charge in [0.15, 0.2) is 11.6 Å². The first-order chi connectivity index (χ1) is 11.1. The van der Waals surface area contributed by atoms with Crippen molar-refractivity contribution in [2.75, 3.05) is 13.7 Å². The molecule has 0 aliphatic carbocycles. The highest BCUT2D eigenvalue weighted by atomic mass is 19.2. The van der Waals surface area contributed by atoms with Crippen molar-refractivity contribution in [1.82, 2.24) is 9.88 Å². The summed E-state index contributed by atoms with van der Waals surface area (Å²) in [5.74, 6) is -1.03. The molecule has 1 aliphatic heterocycles. The third kappa shape index (κ3) is 3.48. The smallest absolute Gasteiger partial charge is 0.159 e. The van der Waals surface area contributed by atoms with Gasteiger partial charge in [-0.3, -0.25) is 9.88 Å². The van der Waals surface area contributed by atoms with Crippen molar-refractivity contribution < 1.29 is 18.6 Å². The molecule has 2 aromatic rings. The van der Waals surface area contributed by atoms with Gasteiger partial charge in [0, 0.05) is 31.4 Å². The summed E-state index contributed by atoms with van der Waals surface area (Å²) in [4.78, 5) is 6.31. The number of aromatic nitrogens is 1. The maximum Gasteiger partial charge on any atom is 0.159 e. The van der Waals surface area contributed by atoms with Crippen molar-refractivity contribution >= 4 is 0 Å². The molecular formula is C17H18F2N2O2. The Morgan fingerprint density at radius 1 is 1.26 bits per heavy atom. The lowest BCUT2D eigenvalue weighted by molar-refractivity contribution is 0.172. The fourth-order valence-electron chi connectivity index (χ4n) is 3.00. The number of likely N-dealkylation sites (tertiary alicyclic amines) is 1. The van der Waals surface area contributed by atoms with E-state index in [1.807, 2.05) is 11.0 Å². The number of aliphatic hydroxyl groups is 1. The third-order valence-electron chi connectivity index (χ3n) is 4.10. The molecule has 122 valence electrons. The van der Waals surface area contributed by atoms with Crippen molar-refractivity contribution in [2.45, 2.75) is 25.1 Å². The number of aliphatic hydroxyl groups excluding tert-OH is 1. The summed E-state index contributed by atoms with van der Waals surface area (Å²) >= 11 is 0. The molecule has 6 heteroatoms. The number of pyridine rings is 1. The van der Waals surface area contributed by atoms with Crippen LogP contribution >= 0.6 is 0 Å². The second-order valence-electron chi connectivity index (χ2n) is 5.70. The molecule has 1 aliphatic rings. The Hall–Kier alpha value is -2.05. The number of halogens is 2. The van der Waals surface area contributed by atoms with Crippen molar-refractivity contribution in [2.24, 2.45) is 0 Å². The van der Waals surface area contributed by atoms with Crippen LogP contribution in [0.3, 0.4) is 0 Å². The highest BCUT2D eigenvalue weighted by Crippen LogP contribution is 2.34. The number of ether oxygens (including phenoxy) is 1. The van der Waals surface area contributed by atoms with Gasteiger partial charge in [0.05, 0.1) is 18.9 Å². The SMILES string of the molecule is COc1ccnc(CN2C[C@@H](O)C[C@H]2c2ccc(F)c(F)c2)c1. The number of rotatable bonds is 4. The quantitative estimate of drug-likeness (QED) is 0.941. The molecule has 4 nitrogen and oxygen atoms in total. The maximum atomic E-state index is 13.5. The highest BCUT2D eigenvalue weighted by molar-refractivity contribution is 5.25. The zero-order chi connectivity index (χ0) is 16.4. The van der Waals surface area contributed by atoms with Crippen LogP contribution < -0.4 is 4.74 Å². The molecular weight excluding hydrogens is 302 g/mol. The summed E-state index contributed by atoms with van der Waals surface area (Å²) in [6, 6.07) is 7.30. The lowest BCUT2D eigenvalue weighted by atomic mass is 10.0. The molecule has 0 amide bonds. The van der Waals surface area contributed by atoms with Gasteiger partial charge in [0.25, 0.3) is 0 Å². The normalized spacial score (nSPS) is 21.6. The molecule has 23 heavy (non-hydrogen) atoms. The first-order valence-electron chi connectivity index (χ1n) is 7.43. The Bertz CT molecular complexity index is 696. The average Bonchev–Trinajstić information content (AvgIpc) is 2.90. The molecule has 1 aromatic carbocycles. The predicted octanol–water partition coefficient (Wildman–Crippen LogP) is 2.68. The minimum absolute atomic E-state index is 0.173. The minimum Gasteiger partial charge on any atom is -0.497 e. The molecule has 3 rings (SSSR count). The van der Waals surface area contributed by atoms with E-state index in [0.29, 0.717) is 30.8 Å². The van der Waals surface area contributed by atoms with E-state index in [1.54, 1.807) is 25.4 Å². The Balaban J connectivity index is 1.82. The van der Waals surface area contributed by atoms with Crippen molar-refractivity contribution in [3.05, 3.63) is 59.4 Å². The summed E-state index contributed by atoms with van der Waals surface area (Å²) in [6.45, 7) is 0.959. The average molecular weight is 320 g/mol. The first-order valence-corrected chi connectivity index (χ1v) is 7.43. The van der Waals surface area contributed by atoms with E-state index in [9.17, 15) is 13.9 Å². The molecule has 0 saturated carbocycles. The van der Waals surface area contributed by atoms with Crippen LogP contribution in [0, 0.1) is 11.6 Å². The van der Waals surface area contributed by atoms with Crippen LogP contribution in [0.1, 0.15) is 23.7 Å². The predicted molar refractivity (Wildman–Crippen MR) is 80.9 cm³/mol. The molecule has 1 aromatic heterocycles. The van der Waals surface area contributed by atoms with E-state index in [4.69, 9.17) is 4.74 Å². The lowest BCUT2D eigenvalue weighted by Gasteiger charge is -2.24. The number of hydrogen-bond acceptors (Lipinski definition) is 4. The van der Waals surface area contributed by atoms with Crippen LogP contribution in [0.15, 0.2) is 36.5 Å². The van der Waals surface area contributed by atoms with Gasteiger partial charge < -0.3 is 9.84 Å².